The van der Waals surface area contributed by atoms with Crippen LogP contribution in [0.2, 0.25) is 0 Å². The Kier molecular flexibility index (Phi) is 65.3. The molecule has 79 heavy (non-hydrogen) atoms. The predicted octanol–water partition coefficient (Wildman–Crippen LogP) is 23.0. The fourth-order valence-corrected chi connectivity index (χ4v) is 12.0. The van der Waals surface area contributed by atoms with Gasteiger partial charge in [0.15, 0.2) is 6.10 Å². The van der Waals surface area contributed by atoms with Crippen LogP contribution in [-0.4, -0.2) is 49.3 Å². The van der Waals surface area contributed by atoms with Crippen molar-refractivity contribution in [2.24, 2.45) is 5.73 Å². The summed E-state index contributed by atoms with van der Waals surface area (Å²) in [4.78, 5) is 35.4. The normalized spacial score (nSPS) is 12.8. The average molecular weight is 1140 g/mol. The number of rotatable bonds is 69. The molecular weight excluding hydrogens is 1000 g/mol. The number of phosphoric ester groups is 1. The Morgan fingerprint density at radius 1 is 0.329 bits per heavy atom. The van der Waals surface area contributed by atoms with E-state index >= 15 is 0 Å². The van der Waals surface area contributed by atoms with Gasteiger partial charge in [-0.05, 0) is 12.8 Å². The zero-order valence-electron chi connectivity index (χ0n) is 53.2. The second kappa shape index (κ2) is 66.2. The third-order valence-electron chi connectivity index (χ3n) is 16.5. The van der Waals surface area contributed by atoms with Gasteiger partial charge in [-0.1, -0.05) is 373 Å². The summed E-state index contributed by atoms with van der Waals surface area (Å²) in [5.74, 6) is -0.797. The van der Waals surface area contributed by atoms with Crippen molar-refractivity contribution in [1.29, 1.82) is 0 Å². The minimum Gasteiger partial charge on any atom is -0.462 e. The second-order valence-corrected chi connectivity index (χ2v) is 25.9. The third-order valence-corrected chi connectivity index (χ3v) is 17.5. The molecule has 0 amide bonds. The highest BCUT2D eigenvalue weighted by molar-refractivity contribution is 7.47. The van der Waals surface area contributed by atoms with E-state index in [2.05, 4.69) is 13.8 Å². The van der Waals surface area contributed by atoms with Gasteiger partial charge < -0.3 is 20.1 Å². The van der Waals surface area contributed by atoms with Gasteiger partial charge in [-0.25, -0.2) is 4.57 Å². The summed E-state index contributed by atoms with van der Waals surface area (Å²) in [6.45, 7) is 3.85. The molecule has 3 N–H and O–H groups in total. The van der Waals surface area contributed by atoms with Crippen molar-refractivity contribution in [3.63, 3.8) is 0 Å². The molecule has 0 aliphatic heterocycles. The van der Waals surface area contributed by atoms with E-state index < -0.39 is 26.5 Å². The number of esters is 2. The molecule has 472 valence electrons. The van der Waals surface area contributed by atoms with Gasteiger partial charge in [-0.3, -0.25) is 18.6 Å². The first kappa shape index (κ1) is 78.0. The molecule has 0 aliphatic rings. The maximum atomic E-state index is 12.8. The molecule has 0 spiro atoms. The van der Waals surface area contributed by atoms with Crippen LogP contribution in [0.15, 0.2) is 0 Å². The Balaban J connectivity index is 3.79. The monoisotopic (exact) mass is 1140 g/mol. The quantitative estimate of drug-likeness (QED) is 0.0347. The molecule has 0 bridgehead atoms. The van der Waals surface area contributed by atoms with E-state index in [0.717, 1.165) is 32.1 Å². The van der Waals surface area contributed by atoms with Crippen LogP contribution in [0.3, 0.4) is 0 Å². The lowest BCUT2D eigenvalue weighted by atomic mass is 10.0. The molecule has 2 unspecified atom stereocenters. The van der Waals surface area contributed by atoms with Crippen LogP contribution in [0.4, 0.5) is 0 Å². The Bertz CT molecular complexity index is 1250. The van der Waals surface area contributed by atoms with E-state index in [0.29, 0.717) is 12.8 Å². The summed E-state index contributed by atoms with van der Waals surface area (Å²) in [5.41, 5.74) is 5.40. The van der Waals surface area contributed by atoms with Crippen LogP contribution in [0.25, 0.3) is 0 Å². The Morgan fingerprint density at radius 3 is 0.772 bits per heavy atom. The van der Waals surface area contributed by atoms with E-state index in [1.54, 1.807) is 0 Å². The minimum atomic E-state index is -4.39. The highest BCUT2D eigenvalue weighted by Crippen LogP contribution is 2.43. The van der Waals surface area contributed by atoms with Crippen molar-refractivity contribution in [1.82, 2.24) is 0 Å². The van der Waals surface area contributed by atoms with Crippen molar-refractivity contribution in [3.05, 3.63) is 0 Å². The smallest absolute Gasteiger partial charge is 0.462 e. The number of carbonyl (C=O) groups is 2. The van der Waals surface area contributed by atoms with Crippen LogP contribution >= 0.6 is 7.82 Å². The SMILES string of the molecule is CCCCCCCCCCCCCCCCCCCCCCCCCCCCCCCC(=O)OCC(COP(=O)(O)OCCN)OC(=O)CCCCCCCCCCCCCCCCCCCCCCCCCCCCCCC. The van der Waals surface area contributed by atoms with Crippen LogP contribution in [-0.2, 0) is 32.7 Å². The summed E-state index contributed by atoms with van der Waals surface area (Å²) >= 11 is 0. The molecule has 0 aromatic rings. The molecule has 10 heteroatoms. The summed E-state index contributed by atoms with van der Waals surface area (Å²) < 4.78 is 33.2. The summed E-state index contributed by atoms with van der Waals surface area (Å²) in [6.07, 6.45) is 77.8. The maximum Gasteiger partial charge on any atom is 0.472 e. The third kappa shape index (κ3) is 66.0. The van der Waals surface area contributed by atoms with Gasteiger partial charge in [-0.2, -0.15) is 0 Å². The number of hydrogen-bond donors (Lipinski definition) is 2. The second-order valence-electron chi connectivity index (χ2n) is 24.5. The van der Waals surface area contributed by atoms with Crippen molar-refractivity contribution in [2.45, 2.75) is 405 Å². The predicted molar refractivity (Wildman–Crippen MR) is 340 cm³/mol. The topological polar surface area (TPSA) is 134 Å². The largest absolute Gasteiger partial charge is 0.472 e. The number of hydrogen-bond acceptors (Lipinski definition) is 8. The molecule has 0 saturated carbocycles. The lowest BCUT2D eigenvalue weighted by Gasteiger charge is -2.19. The van der Waals surface area contributed by atoms with Gasteiger partial charge >= 0.3 is 19.8 Å². The molecule has 0 radical (unpaired) electrons. The fraction of sp³-hybridized carbons (Fsp3) is 0.971. The minimum absolute atomic E-state index is 0.0589. The lowest BCUT2D eigenvalue weighted by molar-refractivity contribution is -0.161. The van der Waals surface area contributed by atoms with Crippen molar-refractivity contribution in [2.75, 3.05) is 26.4 Å². The van der Waals surface area contributed by atoms with E-state index in [-0.39, 0.29) is 32.1 Å². The molecule has 0 rings (SSSR count). The Morgan fingerprint density at radius 2 is 0.544 bits per heavy atom. The zero-order valence-corrected chi connectivity index (χ0v) is 54.1. The van der Waals surface area contributed by atoms with E-state index in [4.69, 9.17) is 24.3 Å². The van der Waals surface area contributed by atoms with Gasteiger partial charge in [-0.15, -0.1) is 0 Å². The molecule has 0 saturated heterocycles. The average Bonchev–Trinajstić information content (AvgIpc) is 3.44. The van der Waals surface area contributed by atoms with Gasteiger partial charge in [0.1, 0.15) is 6.61 Å². The summed E-state index contributed by atoms with van der Waals surface area (Å²) in [7, 11) is -4.39. The molecule has 0 heterocycles. The fourth-order valence-electron chi connectivity index (χ4n) is 11.2. The summed E-state index contributed by atoms with van der Waals surface area (Å²) in [6, 6.07) is 0. The first-order valence-electron chi connectivity index (χ1n) is 35.5. The van der Waals surface area contributed by atoms with Gasteiger partial charge in [0, 0.05) is 19.4 Å². The van der Waals surface area contributed by atoms with Gasteiger partial charge in [0.25, 0.3) is 0 Å². The maximum absolute atomic E-state index is 12.8. The van der Waals surface area contributed by atoms with Crippen molar-refractivity contribution < 1.29 is 37.6 Å². The first-order valence-corrected chi connectivity index (χ1v) is 37.0. The lowest BCUT2D eigenvalue weighted by Crippen LogP contribution is -2.29. The van der Waals surface area contributed by atoms with Crippen LogP contribution in [0.5, 0.6) is 0 Å². The molecular formula is C69H138NO8P. The number of unbranched alkanes of at least 4 members (excludes halogenated alkanes) is 56. The summed E-state index contributed by atoms with van der Waals surface area (Å²) in [5, 5.41) is 0. The Labute approximate surface area is 492 Å². The molecule has 2 atom stereocenters. The molecule has 0 aromatic carbocycles. The van der Waals surface area contributed by atoms with Crippen molar-refractivity contribution in [3.8, 4) is 0 Å². The molecule has 9 nitrogen and oxygen atoms in total. The van der Waals surface area contributed by atoms with Gasteiger partial charge in [0.2, 0.25) is 0 Å². The van der Waals surface area contributed by atoms with E-state index in [1.165, 1.54) is 334 Å². The van der Waals surface area contributed by atoms with E-state index in [1.807, 2.05) is 0 Å². The van der Waals surface area contributed by atoms with Crippen LogP contribution < -0.4 is 5.73 Å². The molecule has 0 fully saturated rings. The first-order chi connectivity index (χ1) is 38.8. The highest BCUT2D eigenvalue weighted by atomic mass is 31.2. The Hall–Kier alpha value is -0.990. The van der Waals surface area contributed by atoms with Crippen LogP contribution in [0.1, 0.15) is 399 Å². The standard InChI is InChI=1S/C69H138NO8P/c1-3-5-7-9-11-13-15-17-19-21-23-25-27-29-31-33-35-37-39-41-43-45-47-49-51-53-55-57-59-61-68(71)75-65-67(66-77-79(73,74)76-64-63-70)78-69(72)62-60-58-56-54-52-50-48-46-44-42-40-38-36-34-32-30-28-26-24-22-20-18-16-14-12-10-8-6-4-2/h67H,3-66,70H2,1-2H3,(H,73,74). The van der Waals surface area contributed by atoms with Gasteiger partial charge in [0.05, 0.1) is 13.2 Å². The number of ether oxygens (including phenoxy) is 2. The molecule has 0 aromatic heterocycles. The van der Waals surface area contributed by atoms with Crippen LogP contribution in [0, 0.1) is 0 Å². The number of carbonyl (C=O) groups excluding carboxylic acids is 2. The number of nitrogens with two attached hydrogens (primary N) is 1. The number of phosphoric acid groups is 1. The van der Waals surface area contributed by atoms with Crippen molar-refractivity contribution >= 4 is 19.8 Å². The van der Waals surface area contributed by atoms with E-state index in [9.17, 15) is 19.0 Å². The highest BCUT2D eigenvalue weighted by Gasteiger charge is 2.26. The molecule has 0 aliphatic carbocycles. The zero-order chi connectivity index (χ0) is 57.3.